The largest absolute Gasteiger partial charge is 0.507 e. The Balaban J connectivity index is -0.000000287. The molecule has 0 aromatic heterocycles. The third kappa shape index (κ3) is 55.8. The van der Waals surface area contributed by atoms with E-state index < -0.39 is 66.3 Å². The maximum atomic E-state index is 13.1. The van der Waals surface area contributed by atoms with Crippen LogP contribution in [0.3, 0.4) is 0 Å². The quantitative estimate of drug-likeness (QED) is 0.109. The Labute approximate surface area is 258 Å². The first-order valence-electron chi connectivity index (χ1n) is 9.82. The molecule has 1 unspecified atom stereocenters. The van der Waals surface area contributed by atoms with Gasteiger partial charge in [-0.05, 0) is 0 Å². The van der Waals surface area contributed by atoms with Gasteiger partial charge in [0.25, 0.3) is 0 Å². The molecule has 0 saturated heterocycles. The minimum Gasteiger partial charge on any atom is -0.299 e. The fourth-order valence-corrected chi connectivity index (χ4v) is 8.87. The number of halogens is 7. The van der Waals surface area contributed by atoms with Crippen LogP contribution in [-0.4, -0.2) is 53.8 Å². The molecule has 2 aromatic rings. The molecule has 46 heavy (non-hydrogen) atoms. The molecule has 0 amide bonds. The van der Waals surface area contributed by atoms with Crippen LogP contribution >= 0.6 is 66.3 Å². The van der Waals surface area contributed by atoms with Gasteiger partial charge in [0.15, 0.2) is 0 Å². The van der Waals surface area contributed by atoms with Crippen molar-refractivity contribution in [3.63, 3.8) is 0 Å². The van der Waals surface area contributed by atoms with Crippen LogP contribution in [0.4, 0.5) is 25.2 Å². The van der Waals surface area contributed by atoms with Gasteiger partial charge < -0.3 is 0 Å². The van der Waals surface area contributed by atoms with E-state index in [9.17, 15) is 32.8 Å². The van der Waals surface area contributed by atoms with E-state index in [4.69, 9.17) is 76.7 Å². The van der Waals surface area contributed by atoms with Crippen molar-refractivity contribution in [3.8, 4) is 0 Å². The van der Waals surface area contributed by atoms with E-state index in [1.807, 2.05) is 13.8 Å². The molecular weight excluding hydrogens is 899 g/mol. The predicted molar refractivity (Wildman–Crippen MR) is 152 cm³/mol. The van der Waals surface area contributed by atoms with E-state index in [2.05, 4.69) is 2.85 Å². The second kappa shape index (κ2) is 21.5. The zero-order valence-electron chi connectivity index (χ0n) is 22.1. The molecule has 32 heteroatoms. The summed E-state index contributed by atoms with van der Waals surface area (Å²) < 4.78 is 137. The first-order chi connectivity index (χ1) is 19.7. The number of benzene rings is 2. The van der Waals surface area contributed by atoms with Crippen LogP contribution in [0.25, 0.3) is 0 Å². The molecule has 0 fully saturated rings. The molecule has 0 aliphatic carbocycles. The maximum Gasteiger partial charge on any atom is 0.507 e. The molecule has 0 saturated carbocycles. The number of rotatable bonds is 4. The average Bonchev–Trinajstić information content (AvgIpc) is 2.67. The smallest absolute Gasteiger partial charge is 0.299 e. The van der Waals surface area contributed by atoms with Gasteiger partial charge >= 0.3 is 166 Å². The topological polar surface area (TPSA) is 351 Å². The molecule has 0 bridgehead atoms. The summed E-state index contributed by atoms with van der Waals surface area (Å²) in [4.78, 5) is 78.5. The molecule has 11 N–H and O–H groups in total. The molecule has 19 nitrogen and oxygen atoms in total. The summed E-state index contributed by atoms with van der Waals surface area (Å²) >= 11 is -4.84. The second-order valence-corrected chi connectivity index (χ2v) is 19.0. The van der Waals surface area contributed by atoms with Crippen molar-refractivity contribution in [1.29, 1.82) is 0 Å². The molecule has 0 radical (unpaired) electrons. The molecule has 2 rings (SSSR count). The minimum atomic E-state index is -5.37. The summed E-state index contributed by atoms with van der Waals surface area (Å²) in [6, 6.07) is 12.9. The van der Waals surface area contributed by atoms with Crippen molar-refractivity contribution in [3.05, 3.63) is 66.8 Å². The summed E-state index contributed by atoms with van der Waals surface area (Å²) in [5.74, 6) is 0. The molecule has 0 spiro atoms. The molecule has 0 aliphatic heterocycles. The van der Waals surface area contributed by atoms with Gasteiger partial charge in [0.1, 0.15) is 0 Å². The monoisotopic (exact) mass is 924 g/mol. The predicted octanol–water partition coefficient (Wildman–Crippen LogP) is 4.97. The third-order valence-electron chi connectivity index (χ3n) is 2.78. The summed E-state index contributed by atoms with van der Waals surface area (Å²) in [5.41, 5.74) is 1.86. The van der Waals surface area contributed by atoms with Crippen molar-refractivity contribution in [2.75, 3.05) is 0 Å². The average molecular weight is 924 g/mol. The first-order valence-corrected chi connectivity index (χ1v) is 22.7. The SMILES string of the molecule is Cc1ccc(I(=O)(OP(=O)(O)F)c2ccc(C)cc2)cc1.O=P(O)(O)F.O=P(O)(O)F.O=P(O)(O)F.O=P(O)(O)F.O=P(O)(O)F. The molecule has 2 aromatic carbocycles. The van der Waals surface area contributed by atoms with E-state index >= 15 is 0 Å². The van der Waals surface area contributed by atoms with Crippen LogP contribution in [0.1, 0.15) is 11.1 Å². The van der Waals surface area contributed by atoms with E-state index in [1.54, 1.807) is 24.3 Å². The van der Waals surface area contributed by atoms with Gasteiger partial charge in [-0.3, -0.25) is 48.9 Å². The Kier molecular flexibility index (Phi) is 24.4. The van der Waals surface area contributed by atoms with Gasteiger partial charge in [-0.25, -0.2) is 22.8 Å². The zero-order valence-corrected chi connectivity index (χ0v) is 29.7. The van der Waals surface area contributed by atoms with Gasteiger partial charge in [0.2, 0.25) is 0 Å². The summed E-state index contributed by atoms with van der Waals surface area (Å²) in [5, 5.41) is 0. The molecule has 1 atom stereocenters. The van der Waals surface area contributed by atoms with Gasteiger partial charge in [-0.15, -0.1) is 21.0 Å². The normalized spacial score (nSPS) is 13.5. The Hall–Kier alpha value is -0.550. The molecule has 274 valence electrons. The van der Waals surface area contributed by atoms with Crippen molar-refractivity contribution < 1.29 is 112 Å². The number of aryl methyl sites for hydroxylation is 2. The summed E-state index contributed by atoms with van der Waals surface area (Å²) in [6.07, 6.45) is 0. The van der Waals surface area contributed by atoms with Crippen molar-refractivity contribution in [2.45, 2.75) is 13.8 Å². The Morgan fingerprint density at radius 1 is 0.457 bits per heavy atom. The molecule has 0 heterocycles. The van der Waals surface area contributed by atoms with E-state index in [-0.39, 0.29) is 7.14 Å². The Bertz CT molecular complexity index is 1300. The van der Waals surface area contributed by atoms with Gasteiger partial charge in [0, 0.05) is 0 Å². The molecular formula is C14H25F6IO19P6. The van der Waals surface area contributed by atoms with Gasteiger partial charge in [-0.1, -0.05) is 0 Å². The summed E-state index contributed by atoms with van der Waals surface area (Å²) in [6.45, 7) is 3.70. The van der Waals surface area contributed by atoms with Crippen LogP contribution < -0.4 is 0 Å². The third-order valence-corrected chi connectivity index (χ3v) is 11.0. The van der Waals surface area contributed by atoms with Crippen LogP contribution in [-0.2, 0) is 33.3 Å². The van der Waals surface area contributed by atoms with Gasteiger partial charge in [-0.2, -0.15) is 0 Å². The van der Waals surface area contributed by atoms with Gasteiger partial charge in [0.05, 0.1) is 0 Å². The standard InChI is InChI=1S/C14H15FIO4P.5FH2O3P/c1-11-3-7-13(8-4-11)16(17,20-21(15,18)19)14-9-5-12(2)6-10-14;5*1-5(2,3)4/h3-10H,1-2H3,(H,18,19);5*(H2,2,3,4). The van der Waals surface area contributed by atoms with Crippen LogP contribution in [0, 0.1) is 21.0 Å². The van der Waals surface area contributed by atoms with E-state index in [0.717, 1.165) is 11.1 Å². The van der Waals surface area contributed by atoms with E-state index in [0.29, 0.717) is 0 Å². The first kappa shape index (κ1) is 52.3. The summed E-state index contributed by atoms with van der Waals surface area (Å²) in [7, 11) is -31.1. The Morgan fingerprint density at radius 2 is 0.609 bits per heavy atom. The van der Waals surface area contributed by atoms with Crippen molar-refractivity contribution >= 4 is 66.3 Å². The second-order valence-electron chi connectivity index (χ2n) is 6.94. The number of hydrogen-bond donors (Lipinski definition) is 11. The number of hydrogen-bond acceptors (Lipinski definition) is 8. The van der Waals surface area contributed by atoms with Crippen LogP contribution in [0.5, 0.6) is 0 Å². The van der Waals surface area contributed by atoms with Crippen LogP contribution in [0.2, 0.25) is 0 Å². The van der Waals surface area contributed by atoms with Crippen molar-refractivity contribution in [1.82, 2.24) is 0 Å². The molecule has 0 aliphatic rings. The van der Waals surface area contributed by atoms with Crippen molar-refractivity contribution in [2.24, 2.45) is 0 Å². The van der Waals surface area contributed by atoms with E-state index in [1.165, 1.54) is 24.3 Å². The zero-order chi connectivity index (χ0) is 38.2. The Morgan fingerprint density at radius 3 is 0.739 bits per heavy atom. The fraction of sp³-hybridized carbons (Fsp3) is 0.143. The van der Waals surface area contributed by atoms with Crippen LogP contribution in [0.15, 0.2) is 48.5 Å². The minimum absolute atomic E-state index is 0.239. The maximum absolute atomic E-state index is 13.1. The fourth-order valence-electron chi connectivity index (χ4n) is 1.72.